The minimum Gasteiger partial charge on any atom is -0.598 e. The fourth-order valence-corrected chi connectivity index (χ4v) is 2.72. The van der Waals surface area contributed by atoms with Crippen LogP contribution in [0.2, 0.25) is 0 Å². The largest absolute Gasteiger partial charge is 0.598 e. The van der Waals surface area contributed by atoms with Crippen molar-refractivity contribution in [1.29, 1.82) is 0 Å². The molecule has 60 valence electrons. The van der Waals surface area contributed by atoms with Crippen molar-refractivity contribution in [1.82, 2.24) is 4.31 Å². The van der Waals surface area contributed by atoms with E-state index in [0.717, 1.165) is 18.7 Å². The Morgan fingerprint density at radius 3 is 2.20 bits per heavy atom. The predicted octanol–water partition coefficient (Wildman–Crippen LogP) is 1.15. The van der Waals surface area contributed by atoms with E-state index in [0.29, 0.717) is 0 Å². The monoisotopic (exact) mass is 161 g/mol. The second-order valence-electron chi connectivity index (χ2n) is 3.65. The molecule has 0 spiro atoms. The molecule has 3 heteroatoms. The summed E-state index contributed by atoms with van der Waals surface area (Å²) in [5, 5.41) is 0. The van der Waals surface area contributed by atoms with Crippen LogP contribution < -0.4 is 0 Å². The Labute approximate surface area is 65.9 Å². The van der Waals surface area contributed by atoms with Gasteiger partial charge in [0.05, 0.1) is 5.54 Å². The number of nitrogens with zero attached hydrogens (tertiary/aromatic N) is 1. The summed E-state index contributed by atoms with van der Waals surface area (Å²) >= 11 is -0.697. The third-order valence-corrected chi connectivity index (χ3v) is 3.53. The standard InChI is InChI=1S/C7H15NOS/c1-7(2,3)8-5-4-6-10(8)9/h4-6H2,1-3H3. The maximum Gasteiger partial charge on any atom is 0.127 e. The van der Waals surface area contributed by atoms with Crippen molar-refractivity contribution >= 4 is 11.4 Å². The third-order valence-electron chi connectivity index (χ3n) is 1.67. The molecule has 1 fully saturated rings. The van der Waals surface area contributed by atoms with Gasteiger partial charge in [0, 0.05) is 24.3 Å². The maximum atomic E-state index is 11.3. The summed E-state index contributed by atoms with van der Waals surface area (Å²) in [7, 11) is 0. The quantitative estimate of drug-likeness (QED) is 0.498. The lowest BCUT2D eigenvalue weighted by molar-refractivity contribution is 0.267. The van der Waals surface area contributed by atoms with Crippen molar-refractivity contribution in [3.8, 4) is 0 Å². The van der Waals surface area contributed by atoms with Gasteiger partial charge < -0.3 is 4.55 Å². The van der Waals surface area contributed by atoms with Crippen LogP contribution in [0.5, 0.6) is 0 Å². The van der Waals surface area contributed by atoms with Gasteiger partial charge in [-0.1, -0.05) is 0 Å². The van der Waals surface area contributed by atoms with Gasteiger partial charge in [0.25, 0.3) is 0 Å². The molecule has 0 saturated carbocycles. The van der Waals surface area contributed by atoms with Gasteiger partial charge in [-0.15, -0.1) is 4.31 Å². The van der Waals surface area contributed by atoms with Crippen LogP contribution in [-0.4, -0.2) is 26.7 Å². The molecule has 1 heterocycles. The Morgan fingerprint density at radius 1 is 1.40 bits per heavy atom. The lowest BCUT2D eigenvalue weighted by Crippen LogP contribution is -2.42. The van der Waals surface area contributed by atoms with Crippen LogP contribution in [0, 0.1) is 0 Å². The third kappa shape index (κ3) is 1.65. The second-order valence-corrected chi connectivity index (χ2v) is 5.14. The van der Waals surface area contributed by atoms with Crippen LogP contribution in [0.3, 0.4) is 0 Å². The predicted molar refractivity (Wildman–Crippen MR) is 44.1 cm³/mol. The van der Waals surface area contributed by atoms with Gasteiger partial charge in [-0.2, -0.15) is 0 Å². The van der Waals surface area contributed by atoms with Crippen LogP contribution in [0.15, 0.2) is 0 Å². The van der Waals surface area contributed by atoms with Gasteiger partial charge in [-0.05, 0) is 20.8 Å². The van der Waals surface area contributed by atoms with Gasteiger partial charge in [0.15, 0.2) is 0 Å². The molecule has 1 aliphatic rings. The van der Waals surface area contributed by atoms with Gasteiger partial charge in [-0.3, -0.25) is 0 Å². The highest BCUT2D eigenvalue weighted by Crippen LogP contribution is 2.23. The maximum absolute atomic E-state index is 11.3. The Hall–Kier alpha value is 0.270. The zero-order valence-electron chi connectivity index (χ0n) is 6.89. The average molecular weight is 161 g/mol. The molecule has 10 heavy (non-hydrogen) atoms. The van der Waals surface area contributed by atoms with E-state index in [1.54, 1.807) is 0 Å². The average Bonchev–Trinajstić information content (AvgIpc) is 2.11. The summed E-state index contributed by atoms with van der Waals surface area (Å²) in [6, 6.07) is 0. The van der Waals surface area contributed by atoms with E-state index in [-0.39, 0.29) is 5.54 Å². The van der Waals surface area contributed by atoms with E-state index in [2.05, 4.69) is 25.1 Å². The number of rotatable bonds is 0. The van der Waals surface area contributed by atoms with Gasteiger partial charge in [0.1, 0.15) is 5.75 Å². The van der Waals surface area contributed by atoms with Gasteiger partial charge in [-0.25, -0.2) is 0 Å². The Balaban J connectivity index is 2.55. The first-order valence-corrected chi connectivity index (χ1v) is 4.95. The second kappa shape index (κ2) is 2.72. The van der Waals surface area contributed by atoms with E-state index < -0.39 is 11.4 Å². The smallest absolute Gasteiger partial charge is 0.127 e. The zero-order chi connectivity index (χ0) is 7.78. The van der Waals surface area contributed by atoms with Crippen LogP contribution in [0.1, 0.15) is 27.2 Å². The molecule has 0 bridgehead atoms. The van der Waals surface area contributed by atoms with Crippen LogP contribution in [0.4, 0.5) is 0 Å². The molecule has 1 rings (SSSR count). The molecule has 0 aromatic carbocycles. The Kier molecular flexibility index (Phi) is 2.28. The van der Waals surface area contributed by atoms with Crippen LogP contribution in [0.25, 0.3) is 0 Å². The van der Waals surface area contributed by atoms with E-state index in [9.17, 15) is 4.55 Å². The lowest BCUT2D eigenvalue weighted by atomic mass is 10.1. The van der Waals surface area contributed by atoms with E-state index in [1.807, 2.05) is 0 Å². The number of hydrogen-bond acceptors (Lipinski definition) is 2. The molecule has 1 saturated heterocycles. The molecule has 0 aliphatic carbocycles. The highest BCUT2D eigenvalue weighted by Gasteiger charge is 2.35. The minimum absolute atomic E-state index is 0.0847. The molecular formula is C7H15NOS. The molecular weight excluding hydrogens is 146 g/mol. The summed E-state index contributed by atoms with van der Waals surface area (Å²) in [5.41, 5.74) is 0.0847. The summed E-state index contributed by atoms with van der Waals surface area (Å²) in [5.74, 6) is 0.858. The van der Waals surface area contributed by atoms with Crippen molar-refractivity contribution in [3.63, 3.8) is 0 Å². The fraction of sp³-hybridized carbons (Fsp3) is 1.00. The molecule has 0 radical (unpaired) electrons. The van der Waals surface area contributed by atoms with E-state index >= 15 is 0 Å². The first-order valence-electron chi connectivity index (χ1n) is 3.68. The zero-order valence-corrected chi connectivity index (χ0v) is 7.70. The summed E-state index contributed by atoms with van der Waals surface area (Å²) < 4.78 is 13.3. The topological polar surface area (TPSA) is 26.3 Å². The molecule has 2 nitrogen and oxygen atoms in total. The van der Waals surface area contributed by atoms with Crippen molar-refractivity contribution in [2.24, 2.45) is 0 Å². The molecule has 0 amide bonds. The summed E-state index contributed by atoms with van der Waals surface area (Å²) in [6.07, 6.45) is 1.09. The van der Waals surface area contributed by atoms with Gasteiger partial charge >= 0.3 is 0 Å². The molecule has 1 aliphatic heterocycles. The SMILES string of the molecule is CC(C)(C)N1CCC[S+]1[O-]. The summed E-state index contributed by atoms with van der Waals surface area (Å²) in [4.78, 5) is 0. The van der Waals surface area contributed by atoms with Gasteiger partial charge in [0.2, 0.25) is 0 Å². The van der Waals surface area contributed by atoms with Crippen molar-refractivity contribution in [3.05, 3.63) is 0 Å². The van der Waals surface area contributed by atoms with Crippen molar-refractivity contribution in [2.45, 2.75) is 32.7 Å². The summed E-state index contributed by atoms with van der Waals surface area (Å²) in [6.45, 7) is 7.32. The first kappa shape index (κ1) is 8.37. The normalized spacial score (nSPS) is 29.4. The highest BCUT2D eigenvalue weighted by molar-refractivity contribution is 7.89. The van der Waals surface area contributed by atoms with Crippen LogP contribution in [-0.2, 0) is 11.4 Å². The lowest BCUT2D eigenvalue weighted by Gasteiger charge is -2.29. The number of hydrogen-bond donors (Lipinski definition) is 0. The molecule has 0 aromatic rings. The highest BCUT2D eigenvalue weighted by atomic mass is 32.2. The molecule has 1 unspecified atom stereocenters. The van der Waals surface area contributed by atoms with E-state index in [4.69, 9.17) is 0 Å². The first-order chi connectivity index (χ1) is 4.52. The van der Waals surface area contributed by atoms with Crippen LogP contribution >= 0.6 is 0 Å². The van der Waals surface area contributed by atoms with Crippen molar-refractivity contribution < 1.29 is 4.55 Å². The van der Waals surface area contributed by atoms with E-state index in [1.165, 1.54) is 0 Å². The Morgan fingerprint density at radius 2 is 2.00 bits per heavy atom. The molecule has 0 N–H and O–H groups in total. The minimum atomic E-state index is -0.697. The fourth-order valence-electron chi connectivity index (χ4n) is 1.18. The Bertz CT molecular complexity index is 121. The molecule has 0 aromatic heterocycles. The molecule has 1 atom stereocenters. The van der Waals surface area contributed by atoms with Crippen molar-refractivity contribution in [2.75, 3.05) is 12.3 Å².